The fourth-order valence-corrected chi connectivity index (χ4v) is 4.38. The van der Waals surface area contributed by atoms with Crippen molar-refractivity contribution in [3.05, 3.63) is 0 Å². The van der Waals surface area contributed by atoms with E-state index in [1.54, 1.807) is 0 Å². The van der Waals surface area contributed by atoms with Crippen molar-refractivity contribution < 1.29 is 19.5 Å². The third-order valence-electron chi connectivity index (χ3n) is 5.22. The summed E-state index contributed by atoms with van der Waals surface area (Å²) in [4.78, 5) is 38.5. The van der Waals surface area contributed by atoms with Crippen LogP contribution in [0.4, 0.5) is 4.79 Å². The van der Waals surface area contributed by atoms with Crippen LogP contribution in [-0.2, 0) is 9.59 Å². The number of rotatable bonds is 2. The van der Waals surface area contributed by atoms with Gasteiger partial charge in [0.15, 0.2) is 0 Å². The summed E-state index contributed by atoms with van der Waals surface area (Å²) in [5.74, 6) is -0.550. The largest absolute Gasteiger partial charge is 0.465 e. The Bertz CT molecular complexity index is 585. The number of carbonyl (C=O) groups is 3. The maximum Gasteiger partial charge on any atom is 0.408 e. The number of piperidine rings is 1. The Morgan fingerprint density at radius 2 is 2.04 bits per heavy atom. The fraction of sp³-hybridized carbons (Fsp3) is 0.733. The first-order valence-electron chi connectivity index (χ1n) is 7.92. The number of nitriles is 1. The van der Waals surface area contributed by atoms with Crippen LogP contribution in [0.1, 0.15) is 32.6 Å². The summed E-state index contributed by atoms with van der Waals surface area (Å²) in [6.45, 7) is 1.91. The summed E-state index contributed by atoms with van der Waals surface area (Å²) in [5, 5.41) is 21.5. The average Bonchev–Trinajstić information content (AvgIpc) is 3.18. The fourth-order valence-electron chi connectivity index (χ4n) is 4.38. The molecule has 8 heteroatoms. The van der Waals surface area contributed by atoms with Gasteiger partial charge in [-0.3, -0.25) is 14.5 Å². The molecule has 2 saturated heterocycles. The number of nitrogens with zero attached hydrogens (tertiary/aromatic N) is 3. The maximum absolute atomic E-state index is 12.8. The standard InChI is InChI=1S/C15H20N4O4/c1-8(20)17-11-5-9-6-12(11)19(15(22)23)13(9)14(21)18-4-2-3-10(18)7-16/h9-13H,2-6H2,1H3,(H,17,20)(H,22,23)/t9-,10+,11-,12+,13-/m1/s1. The maximum atomic E-state index is 12.8. The summed E-state index contributed by atoms with van der Waals surface area (Å²) < 4.78 is 0. The van der Waals surface area contributed by atoms with Crippen molar-refractivity contribution in [2.45, 2.75) is 56.8 Å². The molecular formula is C15H20N4O4. The van der Waals surface area contributed by atoms with Crippen LogP contribution >= 0.6 is 0 Å². The van der Waals surface area contributed by atoms with Crippen molar-refractivity contribution >= 4 is 17.9 Å². The molecule has 1 saturated carbocycles. The van der Waals surface area contributed by atoms with Crippen LogP contribution in [0.5, 0.6) is 0 Å². The lowest BCUT2D eigenvalue weighted by molar-refractivity contribution is -0.138. The van der Waals surface area contributed by atoms with Gasteiger partial charge >= 0.3 is 6.09 Å². The van der Waals surface area contributed by atoms with Gasteiger partial charge in [0, 0.05) is 19.5 Å². The summed E-state index contributed by atoms with van der Waals surface area (Å²) in [5.41, 5.74) is 0. The van der Waals surface area contributed by atoms with Gasteiger partial charge in [-0.15, -0.1) is 0 Å². The van der Waals surface area contributed by atoms with Crippen LogP contribution in [0.3, 0.4) is 0 Å². The molecular weight excluding hydrogens is 300 g/mol. The molecule has 3 fully saturated rings. The number of hydrogen-bond donors (Lipinski definition) is 2. The van der Waals surface area contributed by atoms with Gasteiger partial charge in [-0.2, -0.15) is 5.26 Å². The molecule has 2 aliphatic heterocycles. The number of likely N-dealkylation sites (tertiary alicyclic amines) is 2. The quantitative estimate of drug-likeness (QED) is 0.751. The Balaban J connectivity index is 1.81. The highest BCUT2D eigenvalue weighted by Gasteiger charge is 2.57. The molecule has 124 valence electrons. The minimum absolute atomic E-state index is 0.0969. The molecule has 0 radical (unpaired) electrons. The Morgan fingerprint density at radius 3 is 2.65 bits per heavy atom. The van der Waals surface area contributed by atoms with Gasteiger partial charge in [-0.05, 0) is 31.6 Å². The highest BCUT2D eigenvalue weighted by Crippen LogP contribution is 2.43. The highest BCUT2D eigenvalue weighted by molar-refractivity contribution is 5.88. The molecule has 0 unspecified atom stereocenters. The molecule has 1 aliphatic carbocycles. The topological polar surface area (TPSA) is 114 Å². The van der Waals surface area contributed by atoms with Gasteiger partial charge in [0.2, 0.25) is 11.8 Å². The van der Waals surface area contributed by atoms with E-state index in [0.29, 0.717) is 25.8 Å². The zero-order valence-electron chi connectivity index (χ0n) is 12.9. The molecule has 3 amide bonds. The third-order valence-corrected chi connectivity index (χ3v) is 5.22. The van der Waals surface area contributed by atoms with E-state index in [1.165, 1.54) is 16.7 Å². The lowest BCUT2D eigenvalue weighted by atomic mass is 9.95. The van der Waals surface area contributed by atoms with Gasteiger partial charge in [-0.25, -0.2) is 4.79 Å². The Labute approximate surface area is 134 Å². The van der Waals surface area contributed by atoms with E-state index in [2.05, 4.69) is 11.4 Å². The molecule has 2 bridgehead atoms. The van der Waals surface area contributed by atoms with Gasteiger partial charge in [0.05, 0.1) is 12.1 Å². The van der Waals surface area contributed by atoms with Crippen molar-refractivity contribution in [3.63, 3.8) is 0 Å². The third kappa shape index (κ3) is 2.50. The van der Waals surface area contributed by atoms with Gasteiger partial charge in [-0.1, -0.05) is 0 Å². The minimum Gasteiger partial charge on any atom is -0.465 e. The van der Waals surface area contributed by atoms with E-state index in [1.807, 2.05) is 0 Å². The average molecular weight is 320 g/mol. The van der Waals surface area contributed by atoms with E-state index >= 15 is 0 Å². The van der Waals surface area contributed by atoms with Crippen molar-refractivity contribution in [2.75, 3.05) is 6.54 Å². The Morgan fingerprint density at radius 1 is 1.30 bits per heavy atom. The summed E-state index contributed by atoms with van der Waals surface area (Å²) in [6, 6.07) is 0.347. The normalized spacial score (nSPS) is 35.2. The van der Waals surface area contributed by atoms with Gasteiger partial charge in [0.1, 0.15) is 12.1 Å². The SMILES string of the molecule is CC(=O)N[C@@H]1C[C@@H]2C[C@@H]1N(C(=O)O)[C@H]2C(=O)N1CCC[C@H]1C#N. The summed E-state index contributed by atoms with van der Waals surface area (Å²) in [6.07, 6.45) is 1.46. The molecule has 2 heterocycles. The number of carbonyl (C=O) groups excluding carboxylic acids is 2. The molecule has 3 rings (SSSR count). The van der Waals surface area contributed by atoms with E-state index in [4.69, 9.17) is 5.26 Å². The van der Waals surface area contributed by atoms with Crippen LogP contribution < -0.4 is 5.32 Å². The Hall–Kier alpha value is -2.30. The van der Waals surface area contributed by atoms with E-state index in [9.17, 15) is 19.5 Å². The number of hydrogen-bond acceptors (Lipinski definition) is 4. The monoisotopic (exact) mass is 320 g/mol. The summed E-state index contributed by atoms with van der Waals surface area (Å²) in [7, 11) is 0. The van der Waals surface area contributed by atoms with Crippen LogP contribution in [0.25, 0.3) is 0 Å². The van der Waals surface area contributed by atoms with E-state index in [0.717, 1.165) is 6.42 Å². The molecule has 5 atom stereocenters. The molecule has 0 spiro atoms. The van der Waals surface area contributed by atoms with Crippen LogP contribution in [-0.4, -0.2) is 63.5 Å². The molecule has 2 N–H and O–H groups in total. The van der Waals surface area contributed by atoms with E-state index < -0.39 is 18.2 Å². The minimum atomic E-state index is -1.14. The molecule has 0 aromatic heterocycles. The first-order valence-corrected chi connectivity index (χ1v) is 7.92. The summed E-state index contributed by atoms with van der Waals surface area (Å²) >= 11 is 0. The highest BCUT2D eigenvalue weighted by atomic mass is 16.4. The number of nitrogens with one attached hydrogen (secondary N) is 1. The second-order valence-corrected chi connectivity index (χ2v) is 6.56. The van der Waals surface area contributed by atoms with Gasteiger partial charge < -0.3 is 15.3 Å². The molecule has 23 heavy (non-hydrogen) atoms. The second-order valence-electron chi connectivity index (χ2n) is 6.56. The van der Waals surface area contributed by atoms with Crippen LogP contribution in [0.15, 0.2) is 0 Å². The molecule has 0 aromatic rings. The lowest BCUT2D eigenvalue weighted by Gasteiger charge is -2.38. The van der Waals surface area contributed by atoms with E-state index in [-0.39, 0.29) is 29.8 Å². The van der Waals surface area contributed by atoms with Crippen LogP contribution in [0.2, 0.25) is 0 Å². The first kappa shape index (κ1) is 15.6. The first-order chi connectivity index (χ1) is 10.9. The predicted octanol–water partition coefficient (Wildman–Crippen LogP) is 0.146. The molecule has 0 aromatic carbocycles. The van der Waals surface area contributed by atoms with Crippen molar-refractivity contribution in [3.8, 4) is 6.07 Å². The van der Waals surface area contributed by atoms with Gasteiger partial charge in [0.25, 0.3) is 0 Å². The number of carboxylic acid groups (broad SMARTS) is 1. The van der Waals surface area contributed by atoms with Crippen molar-refractivity contribution in [2.24, 2.45) is 5.92 Å². The zero-order valence-corrected chi connectivity index (χ0v) is 12.9. The second kappa shape index (κ2) is 5.72. The molecule has 3 aliphatic rings. The Kier molecular flexibility index (Phi) is 3.88. The zero-order chi connectivity index (χ0) is 16.7. The number of fused-ring (bicyclic) bond motifs is 2. The predicted molar refractivity (Wildman–Crippen MR) is 78.1 cm³/mol. The van der Waals surface area contributed by atoms with Crippen molar-refractivity contribution in [1.82, 2.24) is 15.1 Å². The van der Waals surface area contributed by atoms with Crippen molar-refractivity contribution in [1.29, 1.82) is 5.26 Å². The van der Waals surface area contributed by atoms with Crippen LogP contribution in [0, 0.1) is 17.2 Å². The molecule has 8 nitrogen and oxygen atoms in total. The lowest BCUT2D eigenvalue weighted by Crippen LogP contribution is -2.59. The smallest absolute Gasteiger partial charge is 0.408 e. The number of amides is 3.